The minimum atomic E-state index is -5.14. The first kappa shape index (κ1) is 25.9. The third kappa shape index (κ3) is 8.61. The molecule has 0 aromatic heterocycles. The summed E-state index contributed by atoms with van der Waals surface area (Å²) in [6.07, 6.45) is -6.41. The summed E-state index contributed by atoms with van der Waals surface area (Å²) >= 11 is 0.542. The second kappa shape index (κ2) is 11.7. The topological polar surface area (TPSA) is 189 Å². The molecule has 1 fully saturated rings. The molecule has 1 heterocycles. The first-order valence-corrected chi connectivity index (χ1v) is 8.79. The minimum absolute atomic E-state index is 0. The van der Waals surface area contributed by atoms with E-state index < -0.39 is 53.0 Å². The number of ether oxygens (including phenoxy) is 1. The summed E-state index contributed by atoms with van der Waals surface area (Å²) in [6.45, 7) is 2.65. The van der Waals surface area contributed by atoms with Gasteiger partial charge in [0.15, 0.2) is 0 Å². The van der Waals surface area contributed by atoms with Crippen LogP contribution >= 0.6 is 11.8 Å². The van der Waals surface area contributed by atoms with Crippen LogP contribution in [0.15, 0.2) is 17.8 Å². The number of hydrogen-bond acceptors (Lipinski definition) is 12. The Bertz CT molecular complexity index is 557. The van der Waals surface area contributed by atoms with Crippen molar-refractivity contribution in [2.75, 3.05) is 6.61 Å². The molecule has 0 aromatic carbocycles. The van der Waals surface area contributed by atoms with Crippen LogP contribution in [0, 0.1) is 0 Å². The van der Waals surface area contributed by atoms with Crippen LogP contribution in [-0.2, 0) is 19.4 Å². The summed E-state index contributed by atoms with van der Waals surface area (Å²) in [5, 5.41) is 50.7. The monoisotopic (exact) mass is 427 g/mol. The van der Waals surface area contributed by atoms with E-state index in [2.05, 4.69) is 16.0 Å². The molecule has 11 nitrogen and oxygen atoms in total. The molecule has 0 aromatic rings. The molecule has 14 heteroatoms. The molecule has 25 heavy (non-hydrogen) atoms. The number of nitrogens with zero attached hydrogens (tertiary/aromatic N) is 1. The quantitative estimate of drug-likeness (QED) is 0.0495. The Balaban J connectivity index is 0.00000576. The zero-order valence-corrected chi connectivity index (χ0v) is 18.0. The van der Waals surface area contributed by atoms with E-state index in [-0.39, 0.29) is 62.8 Å². The van der Waals surface area contributed by atoms with Gasteiger partial charge in [0.1, 0.15) is 34.9 Å². The smallest absolute Gasteiger partial charge is 0.714 e. The van der Waals surface area contributed by atoms with Gasteiger partial charge in [-0.2, -0.15) is 8.42 Å². The van der Waals surface area contributed by atoms with E-state index in [4.69, 9.17) is 9.84 Å². The molecule has 0 spiro atoms. The molecule has 0 bridgehead atoms. The van der Waals surface area contributed by atoms with Gasteiger partial charge in [-0.05, 0) is 0 Å². The Morgan fingerprint density at radius 1 is 1.36 bits per heavy atom. The fraction of sp³-hybridized carbons (Fsp3) is 0.727. The van der Waals surface area contributed by atoms with Crippen molar-refractivity contribution < 1.29 is 98.9 Å². The average molecular weight is 427 g/mol. The van der Waals surface area contributed by atoms with Gasteiger partial charge in [0.25, 0.3) is 10.4 Å². The van der Waals surface area contributed by atoms with Crippen LogP contribution < -0.4 is 51.4 Å². The Kier molecular flexibility index (Phi) is 12.1. The molecule has 6 unspecified atom stereocenters. The molecular formula is C11H18KNO10S2. The van der Waals surface area contributed by atoms with E-state index in [1.54, 1.807) is 0 Å². The fourth-order valence-electron chi connectivity index (χ4n) is 1.76. The molecule has 1 aliphatic heterocycles. The van der Waals surface area contributed by atoms with Crippen LogP contribution in [0.4, 0.5) is 0 Å². The largest absolute Gasteiger partial charge is 1.00 e. The van der Waals surface area contributed by atoms with Crippen molar-refractivity contribution in [1.82, 2.24) is 0 Å². The van der Waals surface area contributed by atoms with E-state index in [1.165, 1.54) is 0 Å². The maximum atomic E-state index is 10.5. The summed E-state index contributed by atoms with van der Waals surface area (Å²) in [7, 11) is -5.14. The first-order chi connectivity index (χ1) is 11.1. The number of aliphatic hydroxyl groups is 5. The standard InChI is InChI=1S/C11H19NO10S2.K/c1-2-5(14)3-7(12-22-24(18,19)20)23-11-10(17)9(16)8(15)6(4-13)21-11;/h2,5-6,8-11,13-17H,1,3-4H2,(H,18,19,20);/q;+1/p-1. The van der Waals surface area contributed by atoms with Gasteiger partial charge in [-0.15, -0.1) is 6.58 Å². The van der Waals surface area contributed by atoms with Gasteiger partial charge in [0.2, 0.25) is 0 Å². The number of rotatable bonds is 7. The number of thioether (sulfide) groups is 1. The molecule has 0 radical (unpaired) electrons. The summed E-state index contributed by atoms with van der Waals surface area (Å²) in [6, 6.07) is 0. The second-order valence-corrected chi connectivity index (χ2v) is 6.93. The van der Waals surface area contributed by atoms with Gasteiger partial charge < -0.3 is 34.8 Å². The van der Waals surface area contributed by atoms with Gasteiger partial charge in [-0.1, -0.05) is 23.0 Å². The number of oxime groups is 1. The van der Waals surface area contributed by atoms with Crippen molar-refractivity contribution in [1.29, 1.82) is 0 Å². The van der Waals surface area contributed by atoms with Gasteiger partial charge in [-0.25, -0.2) is 0 Å². The molecule has 1 aliphatic rings. The van der Waals surface area contributed by atoms with Crippen LogP contribution in [0.25, 0.3) is 0 Å². The molecule has 140 valence electrons. The number of hydrogen-bond donors (Lipinski definition) is 5. The predicted molar refractivity (Wildman–Crippen MR) is 80.4 cm³/mol. The zero-order valence-electron chi connectivity index (χ0n) is 13.2. The zero-order chi connectivity index (χ0) is 18.5. The van der Waals surface area contributed by atoms with Crippen molar-refractivity contribution in [3.63, 3.8) is 0 Å². The van der Waals surface area contributed by atoms with Gasteiger partial charge in [-0.3, -0.25) is 4.28 Å². The van der Waals surface area contributed by atoms with Crippen LogP contribution in [0.2, 0.25) is 0 Å². The van der Waals surface area contributed by atoms with Crippen molar-refractivity contribution in [2.24, 2.45) is 5.16 Å². The summed E-state index contributed by atoms with van der Waals surface area (Å²) < 4.78 is 40.4. The van der Waals surface area contributed by atoms with Gasteiger partial charge >= 0.3 is 51.4 Å². The minimum Gasteiger partial charge on any atom is -0.714 e. The maximum Gasteiger partial charge on any atom is 1.00 e. The Morgan fingerprint density at radius 2 is 1.96 bits per heavy atom. The fourth-order valence-corrected chi connectivity index (χ4v) is 3.10. The van der Waals surface area contributed by atoms with Gasteiger partial charge in [0.05, 0.1) is 12.7 Å². The normalized spacial score (nSPS) is 31.8. The van der Waals surface area contributed by atoms with E-state index in [0.29, 0.717) is 11.8 Å². The third-order valence-electron chi connectivity index (χ3n) is 2.99. The van der Waals surface area contributed by atoms with E-state index >= 15 is 0 Å². The molecule has 0 aliphatic carbocycles. The average Bonchev–Trinajstić information content (AvgIpc) is 2.52. The van der Waals surface area contributed by atoms with Crippen molar-refractivity contribution in [3.05, 3.63) is 12.7 Å². The third-order valence-corrected chi connectivity index (χ3v) is 4.38. The molecule has 1 rings (SSSR count). The predicted octanol–water partition coefficient (Wildman–Crippen LogP) is -5.75. The van der Waals surface area contributed by atoms with Crippen LogP contribution in [0.5, 0.6) is 0 Å². The van der Waals surface area contributed by atoms with Gasteiger partial charge in [0, 0.05) is 6.42 Å². The molecule has 1 saturated heterocycles. The first-order valence-electron chi connectivity index (χ1n) is 6.58. The summed E-state index contributed by atoms with van der Waals surface area (Å²) in [5.74, 6) is 0. The van der Waals surface area contributed by atoms with Crippen LogP contribution in [-0.4, -0.2) is 86.1 Å². The molecule has 5 N–H and O–H groups in total. The summed E-state index contributed by atoms with van der Waals surface area (Å²) in [4.78, 5) is 0. The summed E-state index contributed by atoms with van der Waals surface area (Å²) in [5.41, 5.74) is -1.28. The van der Waals surface area contributed by atoms with E-state index in [1.807, 2.05) is 0 Å². The Morgan fingerprint density at radius 3 is 2.44 bits per heavy atom. The number of aliphatic hydroxyl groups excluding tert-OH is 5. The maximum absolute atomic E-state index is 10.5. The van der Waals surface area contributed by atoms with Crippen LogP contribution in [0.1, 0.15) is 6.42 Å². The second-order valence-electron chi connectivity index (χ2n) is 4.79. The molecule has 0 amide bonds. The van der Waals surface area contributed by atoms with E-state index in [0.717, 1.165) is 6.08 Å². The molecular weight excluding hydrogens is 409 g/mol. The van der Waals surface area contributed by atoms with Crippen molar-refractivity contribution in [3.8, 4) is 0 Å². The van der Waals surface area contributed by atoms with Crippen LogP contribution in [0.3, 0.4) is 0 Å². The Hall–Kier alpha value is 0.866. The SMILES string of the molecule is C=CC(O)CC(=NOS(=O)(=O)[O-])SC1OC(CO)C(O)C(O)C1O.[K+]. The molecule has 0 saturated carbocycles. The van der Waals surface area contributed by atoms with E-state index in [9.17, 15) is 33.4 Å². The van der Waals surface area contributed by atoms with Crippen molar-refractivity contribution in [2.45, 2.75) is 42.4 Å². The molecule has 6 atom stereocenters. The van der Waals surface area contributed by atoms with Crippen molar-refractivity contribution >= 4 is 27.2 Å². The Labute approximate surface area is 191 Å².